The first-order valence-corrected chi connectivity index (χ1v) is 10.9. The van der Waals surface area contributed by atoms with Crippen LogP contribution in [0.3, 0.4) is 0 Å². The van der Waals surface area contributed by atoms with Gasteiger partial charge in [0.15, 0.2) is 5.17 Å². The maximum absolute atomic E-state index is 11.3. The molecule has 1 aliphatic heterocycles. The minimum absolute atomic E-state index is 0.238. The third kappa shape index (κ3) is 4.46. The predicted molar refractivity (Wildman–Crippen MR) is 125 cm³/mol. The fourth-order valence-corrected chi connectivity index (χ4v) is 3.80. The molecule has 1 heterocycles. The number of para-hydroxylation sites is 1. The SMILES string of the molecule is COc1ccc(CN2N=C(c3ccc(C(=O)O)cc3)c3ccccc3N=C2SC)cc1. The molecular weight excluding hydrogens is 410 g/mol. The molecule has 0 bridgehead atoms. The lowest BCUT2D eigenvalue weighted by molar-refractivity contribution is 0.0697. The Hall–Kier alpha value is -3.58. The van der Waals surface area contributed by atoms with Gasteiger partial charge in [0.2, 0.25) is 0 Å². The minimum Gasteiger partial charge on any atom is -0.497 e. The minimum atomic E-state index is -0.955. The fourth-order valence-electron chi connectivity index (χ4n) is 3.29. The highest BCUT2D eigenvalue weighted by Crippen LogP contribution is 2.29. The van der Waals surface area contributed by atoms with Gasteiger partial charge in [-0.05, 0) is 42.2 Å². The number of carboxylic acid groups (broad SMARTS) is 1. The summed E-state index contributed by atoms with van der Waals surface area (Å²) in [5, 5.41) is 16.9. The molecule has 4 rings (SSSR count). The molecule has 31 heavy (non-hydrogen) atoms. The number of hydrogen-bond acceptors (Lipinski definition) is 6. The van der Waals surface area contributed by atoms with Gasteiger partial charge in [-0.15, -0.1) is 0 Å². The number of aromatic carboxylic acids is 1. The lowest BCUT2D eigenvalue weighted by Crippen LogP contribution is -2.23. The Kier molecular flexibility index (Phi) is 6.04. The monoisotopic (exact) mass is 431 g/mol. The van der Waals surface area contributed by atoms with Crippen LogP contribution in [0.25, 0.3) is 0 Å². The smallest absolute Gasteiger partial charge is 0.335 e. The van der Waals surface area contributed by atoms with Crippen LogP contribution in [0.15, 0.2) is 82.9 Å². The van der Waals surface area contributed by atoms with E-state index in [4.69, 9.17) is 14.8 Å². The van der Waals surface area contributed by atoms with Crippen molar-refractivity contribution >= 4 is 34.3 Å². The lowest BCUT2D eigenvalue weighted by atomic mass is 10.00. The van der Waals surface area contributed by atoms with Crippen LogP contribution in [0.4, 0.5) is 5.69 Å². The molecule has 0 amide bonds. The number of thioether (sulfide) groups is 1. The van der Waals surface area contributed by atoms with Gasteiger partial charge in [0.05, 0.1) is 24.9 Å². The molecule has 0 fully saturated rings. The van der Waals surface area contributed by atoms with Crippen LogP contribution < -0.4 is 4.74 Å². The van der Waals surface area contributed by atoms with Crippen molar-refractivity contribution < 1.29 is 14.6 Å². The van der Waals surface area contributed by atoms with E-state index in [-0.39, 0.29) is 5.56 Å². The predicted octanol–water partition coefficient (Wildman–Crippen LogP) is 5.01. The van der Waals surface area contributed by atoms with Crippen LogP contribution in [-0.2, 0) is 6.54 Å². The van der Waals surface area contributed by atoms with E-state index in [0.29, 0.717) is 6.54 Å². The van der Waals surface area contributed by atoms with E-state index >= 15 is 0 Å². The van der Waals surface area contributed by atoms with Crippen molar-refractivity contribution in [3.8, 4) is 5.75 Å². The third-order valence-corrected chi connectivity index (χ3v) is 5.56. The average molecular weight is 432 g/mol. The summed E-state index contributed by atoms with van der Waals surface area (Å²) in [6.07, 6.45) is 1.98. The third-order valence-electron chi connectivity index (χ3n) is 4.90. The van der Waals surface area contributed by atoms with Crippen LogP contribution in [0.1, 0.15) is 27.0 Å². The zero-order valence-corrected chi connectivity index (χ0v) is 18.0. The molecule has 1 N–H and O–H groups in total. The highest BCUT2D eigenvalue weighted by Gasteiger charge is 2.21. The molecular formula is C24H21N3O3S. The molecule has 0 saturated carbocycles. The second-order valence-corrected chi connectivity index (χ2v) is 7.63. The molecule has 6 nitrogen and oxygen atoms in total. The summed E-state index contributed by atoms with van der Waals surface area (Å²) in [5.41, 5.74) is 4.60. The van der Waals surface area contributed by atoms with Crippen molar-refractivity contribution in [1.29, 1.82) is 0 Å². The fraction of sp³-hybridized carbons (Fsp3) is 0.125. The van der Waals surface area contributed by atoms with E-state index in [1.54, 1.807) is 31.4 Å². The average Bonchev–Trinajstić information content (AvgIpc) is 2.96. The second-order valence-electron chi connectivity index (χ2n) is 6.85. The van der Waals surface area contributed by atoms with Gasteiger partial charge in [0.1, 0.15) is 11.5 Å². The van der Waals surface area contributed by atoms with Crippen LogP contribution >= 0.6 is 11.8 Å². The molecule has 3 aromatic rings. The normalized spacial score (nSPS) is 13.0. The summed E-state index contributed by atoms with van der Waals surface area (Å²) in [4.78, 5) is 16.1. The molecule has 0 saturated heterocycles. The van der Waals surface area contributed by atoms with Crippen molar-refractivity contribution in [1.82, 2.24) is 5.01 Å². The van der Waals surface area contributed by atoms with Gasteiger partial charge in [0.25, 0.3) is 0 Å². The topological polar surface area (TPSA) is 74.5 Å². The number of carbonyl (C=O) groups is 1. The summed E-state index contributed by atoms with van der Waals surface area (Å²) in [7, 11) is 1.64. The van der Waals surface area contributed by atoms with E-state index in [0.717, 1.165) is 39.0 Å². The standard InChI is InChI=1S/C24H21N3O3S/c1-30-19-13-7-16(8-14-19)15-27-24(31-2)25-21-6-4-3-5-20(21)22(26-27)17-9-11-18(12-10-17)23(28)29/h3-14H,15H2,1-2H3,(H,28,29). The van der Waals surface area contributed by atoms with Crippen LogP contribution in [0, 0.1) is 0 Å². The molecule has 0 radical (unpaired) electrons. The Balaban J connectivity index is 1.79. The highest BCUT2D eigenvalue weighted by atomic mass is 32.2. The maximum atomic E-state index is 11.3. The van der Waals surface area contributed by atoms with Crippen molar-refractivity contribution in [3.63, 3.8) is 0 Å². The van der Waals surface area contributed by atoms with Gasteiger partial charge in [-0.1, -0.05) is 54.2 Å². The molecule has 1 aliphatic rings. The second kappa shape index (κ2) is 9.06. The van der Waals surface area contributed by atoms with Gasteiger partial charge < -0.3 is 9.84 Å². The first-order chi connectivity index (χ1) is 15.1. The number of fused-ring (bicyclic) bond motifs is 1. The Bertz CT molecular complexity index is 1160. The Morgan fingerprint density at radius 3 is 2.39 bits per heavy atom. The Morgan fingerprint density at radius 1 is 1.03 bits per heavy atom. The summed E-state index contributed by atoms with van der Waals surface area (Å²) in [6, 6.07) is 22.5. The first kappa shape index (κ1) is 20.7. The van der Waals surface area contributed by atoms with Crippen LogP contribution in [0.5, 0.6) is 5.75 Å². The van der Waals surface area contributed by atoms with E-state index in [1.165, 1.54) is 11.8 Å². The molecule has 156 valence electrons. The summed E-state index contributed by atoms with van der Waals surface area (Å²) >= 11 is 1.53. The van der Waals surface area contributed by atoms with Crippen molar-refractivity contribution in [2.45, 2.75) is 6.54 Å². The number of nitrogens with zero attached hydrogens (tertiary/aromatic N) is 3. The van der Waals surface area contributed by atoms with Crippen molar-refractivity contribution in [3.05, 3.63) is 95.1 Å². The number of hydrogen-bond donors (Lipinski definition) is 1. The Labute approximate surface area is 184 Å². The number of amidine groups is 1. The summed E-state index contributed by atoms with van der Waals surface area (Å²) in [6.45, 7) is 0.536. The van der Waals surface area contributed by atoms with Gasteiger partial charge in [0, 0.05) is 11.1 Å². The molecule has 7 heteroatoms. The van der Waals surface area contributed by atoms with E-state index < -0.39 is 5.97 Å². The quantitative estimate of drug-likeness (QED) is 0.615. The molecule has 0 atom stereocenters. The van der Waals surface area contributed by atoms with E-state index in [2.05, 4.69) is 0 Å². The zero-order chi connectivity index (χ0) is 21.8. The summed E-state index contributed by atoms with van der Waals surface area (Å²) < 4.78 is 5.25. The first-order valence-electron chi connectivity index (χ1n) is 9.64. The van der Waals surface area contributed by atoms with Gasteiger partial charge >= 0.3 is 5.97 Å². The zero-order valence-electron chi connectivity index (χ0n) is 17.1. The lowest BCUT2D eigenvalue weighted by Gasteiger charge is -2.20. The van der Waals surface area contributed by atoms with Gasteiger partial charge in [-0.2, -0.15) is 5.10 Å². The molecule has 0 aliphatic carbocycles. The molecule has 0 unspecified atom stereocenters. The maximum Gasteiger partial charge on any atom is 0.335 e. The number of hydrazone groups is 1. The molecule has 0 aromatic heterocycles. The van der Waals surface area contributed by atoms with Gasteiger partial charge in [-0.3, -0.25) is 0 Å². The number of rotatable bonds is 5. The van der Waals surface area contributed by atoms with E-state index in [9.17, 15) is 9.90 Å². The molecule has 0 spiro atoms. The number of aliphatic imine (C=N–C) groups is 1. The van der Waals surface area contributed by atoms with E-state index in [1.807, 2.05) is 59.8 Å². The number of ether oxygens (including phenoxy) is 1. The van der Waals surface area contributed by atoms with Crippen LogP contribution in [-0.4, -0.2) is 40.3 Å². The van der Waals surface area contributed by atoms with Crippen molar-refractivity contribution in [2.75, 3.05) is 13.4 Å². The van der Waals surface area contributed by atoms with Crippen LogP contribution in [0.2, 0.25) is 0 Å². The largest absolute Gasteiger partial charge is 0.497 e. The molecule has 3 aromatic carbocycles. The highest BCUT2D eigenvalue weighted by molar-refractivity contribution is 8.13. The van der Waals surface area contributed by atoms with Crippen molar-refractivity contribution in [2.24, 2.45) is 10.1 Å². The van der Waals surface area contributed by atoms with Gasteiger partial charge in [-0.25, -0.2) is 14.8 Å². The number of methoxy groups -OCH3 is 1. The number of carboxylic acids is 1. The Morgan fingerprint density at radius 2 is 1.74 bits per heavy atom. The number of benzene rings is 3. The summed E-state index contributed by atoms with van der Waals surface area (Å²) in [5.74, 6) is -0.155.